The van der Waals surface area contributed by atoms with Crippen molar-refractivity contribution in [3.05, 3.63) is 0 Å². The van der Waals surface area contributed by atoms with Gasteiger partial charge in [-0.1, -0.05) is 21.6 Å². The summed E-state index contributed by atoms with van der Waals surface area (Å²) in [6, 6.07) is -0.762. The van der Waals surface area contributed by atoms with E-state index in [1.165, 1.54) is 21.6 Å². The Morgan fingerprint density at radius 2 is 1.20 bits per heavy atom. The van der Waals surface area contributed by atoms with Crippen LogP contribution in [0.4, 0.5) is 0 Å². The molecule has 0 aliphatic carbocycles. The molecule has 0 aliphatic heterocycles. The van der Waals surface area contributed by atoms with Gasteiger partial charge in [-0.2, -0.15) is 0 Å². The Bertz CT molecular complexity index is 250. The van der Waals surface area contributed by atoms with Gasteiger partial charge in [0, 0.05) is 0 Å². The number of halogens is 2. The van der Waals surface area contributed by atoms with Crippen LogP contribution in [-0.4, -0.2) is 48.7 Å². The fourth-order valence-corrected chi connectivity index (χ4v) is 3.27. The van der Waals surface area contributed by atoms with E-state index in [9.17, 15) is 9.59 Å². The van der Waals surface area contributed by atoms with Gasteiger partial charge >= 0.3 is 11.9 Å². The van der Waals surface area contributed by atoms with Gasteiger partial charge in [0.2, 0.25) is 0 Å². The van der Waals surface area contributed by atoms with Crippen LogP contribution < -0.4 is 36.3 Å². The normalized spacial score (nSPS) is 12.4. The van der Waals surface area contributed by atoms with Gasteiger partial charge in [0.25, 0.3) is 0 Å². The predicted molar refractivity (Wildman–Crippen MR) is 71.5 cm³/mol. The molecule has 2 unspecified atom stereocenters. The lowest BCUT2D eigenvalue weighted by Gasteiger charge is -2.08. The first-order chi connectivity index (χ1) is 8.52. The summed E-state index contributed by atoms with van der Waals surface area (Å²) in [4.78, 5) is 22.5. The topological polar surface area (TPSA) is 108 Å². The van der Waals surface area contributed by atoms with Gasteiger partial charge in [-0.3, -0.25) is 0 Å². The Morgan fingerprint density at radius 1 is 0.900 bits per heavy atom. The zero-order chi connectivity index (χ0) is 14.0. The molecule has 0 saturated carbocycles. The SMILES string of the molecule is CCOC(=O)C([NH3+])CSSCC([NH3+])C(=O)OCC.[Cl-].[Cl-]. The van der Waals surface area contributed by atoms with E-state index in [0.29, 0.717) is 24.7 Å². The number of hydrogen-bond acceptors (Lipinski definition) is 6. The molecule has 0 saturated heterocycles. The number of carbonyl (C=O) groups is 2. The molecule has 20 heavy (non-hydrogen) atoms. The Balaban J connectivity index is -0.00000144. The van der Waals surface area contributed by atoms with Crippen LogP contribution >= 0.6 is 21.6 Å². The van der Waals surface area contributed by atoms with E-state index in [-0.39, 0.29) is 48.8 Å². The number of carbonyl (C=O) groups excluding carboxylic acids is 2. The average Bonchev–Trinajstić information content (AvgIpc) is 2.34. The molecule has 0 bridgehead atoms. The van der Waals surface area contributed by atoms with Crippen LogP contribution in [0.25, 0.3) is 0 Å². The summed E-state index contributed by atoms with van der Waals surface area (Å²) < 4.78 is 9.68. The largest absolute Gasteiger partial charge is 1.00 e. The molecule has 0 aromatic heterocycles. The quantitative estimate of drug-likeness (QED) is 0.238. The summed E-state index contributed by atoms with van der Waals surface area (Å²) in [5.41, 5.74) is 7.44. The summed E-state index contributed by atoms with van der Waals surface area (Å²) >= 11 is 0. The van der Waals surface area contributed by atoms with E-state index in [2.05, 4.69) is 11.5 Å². The molecular formula is C10H22Cl2N2O4S2. The van der Waals surface area contributed by atoms with Gasteiger partial charge in [-0.15, -0.1) is 0 Å². The zero-order valence-electron chi connectivity index (χ0n) is 11.6. The van der Waals surface area contributed by atoms with Crippen molar-refractivity contribution in [2.45, 2.75) is 25.9 Å². The molecule has 0 aromatic carbocycles. The van der Waals surface area contributed by atoms with E-state index in [4.69, 9.17) is 9.47 Å². The third-order valence-electron chi connectivity index (χ3n) is 1.86. The van der Waals surface area contributed by atoms with Crippen molar-refractivity contribution in [2.75, 3.05) is 24.7 Å². The van der Waals surface area contributed by atoms with Crippen LogP contribution in [0.5, 0.6) is 0 Å². The zero-order valence-corrected chi connectivity index (χ0v) is 14.7. The highest BCUT2D eigenvalue weighted by Gasteiger charge is 2.21. The first-order valence-corrected chi connectivity index (χ1v) is 8.25. The van der Waals surface area contributed by atoms with E-state index >= 15 is 0 Å². The van der Waals surface area contributed by atoms with Crippen LogP contribution in [0.3, 0.4) is 0 Å². The van der Waals surface area contributed by atoms with Crippen molar-refractivity contribution in [1.29, 1.82) is 0 Å². The van der Waals surface area contributed by atoms with Crippen LogP contribution in [0, 0.1) is 0 Å². The van der Waals surface area contributed by atoms with E-state index < -0.39 is 0 Å². The highest BCUT2D eigenvalue weighted by Crippen LogP contribution is 2.21. The molecule has 10 heteroatoms. The number of quaternary nitrogens is 2. The van der Waals surface area contributed by atoms with Crippen LogP contribution in [0.15, 0.2) is 0 Å². The molecule has 0 rings (SSSR count). The maximum Gasteiger partial charge on any atom is 0.365 e. The number of rotatable bonds is 9. The molecule has 122 valence electrons. The minimum Gasteiger partial charge on any atom is -1.00 e. The number of hydrogen-bond donors (Lipinski definition) is 2. The van der Waals surface area contributed by atoms with Gasteiger partial charge < -0.3 is 45.8 Å². The van der Waals surface area contributed by atoms with Crippen molar-refractivity contribution < 1.29 is 55.3 Å². The molecular weight excluding hydrogens is 347 g/mol. The Hall–Kier alpha value is 0.140. The summed E-state index contributed by atoms with van der Waals surface area (Å²) in [6.07, 6.45) is 0. The van der Waals surface area contributed by atoms with Crippen molar-refractivity contribution in [2.24, 2.45) is 0 Å². The number of ether oxygens (including phenoxy) is 2. The first-order valence-electron chi connectivity index (χ1n) is 5.76. The maximum atomic E-state index is 11.3. The standard InChI is InChI=1S/C10H20N2O4S2.2ClH/c1-3-15-9(13)7(11)5-17-18-6-8(12)10(14)16-4-2;;/h7-8H,3-6,11-12H2,1-2H3;2*1H. The molecule has 6 nitrogen and oxygen atoms in total. The molecule has 0 heterocycles. The van der Waals surface area contributed by atoms with Crippen LogP contribution in [-0.2, 0) is 19.1 Å². The lowest BCUT2D eigenvalue weighted by Crippen LogP contribution is -3.00. The van der Waals surface area contributed by atoms with E-state index in [0.717, 1.165) is 0 Å². The maximum absolute atomic E-state index is 11.3. The second kappa shape index (κ2) is 15.5. The van der Waals surface area contributed by atoms with Gasteiger partial charge in [0.1, 0.15) is 0 Å². The van der Waals surface area contributed by atoms with E-state index in [1.807, 2.05) is 0 Å². The second-order valence-corrected chi connectivity index (χ2v) is 6.02. The highest BCUT2D eigenvalue weighted by atomic mass is 35.5. The summed E-state index contributed by atoms with van der Waals surface area (Å²) in [5.74, 6) is 0.530. The first kappa shape index (κ1) is 25.1. The molecule has 0 spiro atoms. The third-order valence-corrected chi connectivity index (χ3v) is 4.42. The Labute approximate surface area is 139 Å². The molecule has 0 aliphatic rings. The molecule has 0 radical (unpaired) electrons. The van der Waals surface area contributed by atoms with Gasteiger partial charge in [-0.25, -0.2) is 9.59 Å². The predicted octanol–water partition coefficient (Wildman–Crippen LogP) is -7.28. The molecule has 2 atom stereocenters. The van der Waals surface area contributed by atoms with Crippen LogP contribution in [0.2, 0.25) is 0 Å². The smallest absolute Gasteiger partial charge is 0.365 e. The fraction of sp³-hybridized carbons (Fsp3) is 0.800. The molecule has 6 N–H and O–H groups in total. The van der Waals surface area contributed by atoms with Crippen LogP contribution in [0.1, 0.15) is 13.8 Å². The van der Waals surface area contributed by atoms with Crippen molar-refractivity contribution >= 4 is 33.5 Å². The van der Waals surface area contributed by atoms with Gasteiger partial charge in [0.05, 0.1) is 24.7 Å². The Kier molecular flexibility index (Phi) is 19.5. The Morgan fingerprint density at radius 3 is 1.45 bits per heavy atom. The number of esters is 2. The van der Waals surface area contributed by atoms with Crippen molar-refractivity contribution in [3.63, 3.8) is 0 Å². The highest BCUT2D eigenvalue weighted by molar-refractivity contribution is 8.76. The average molecular weight is 369 g/mol. The monoisotopic (exact) mass is 368 g/mol. The van der Waals surface area contributed by atoms with Crippen molar-refractivity contribution in [1.82, 2.24) is 0 Å². The minimum absolute atomic E-state index is 0. The van der Waals surface area contributed by atoms with Gasteiger partial charge in [-0.05, 0) is 13.8 Å². The summed E-state index contributed by atoms with van der Waals surface area (Å²) in [6.45, 7) is 4.26. The lowest BCUT2D eigenvalue weighted by molar-refractivity contribution is -0.401. The third kappa shape index (κ3) is 11.9. The van der Waals surface area contributed by atoms with Gasteiger partial charge in [0.15, 0.2) is 12.1 Å². The second-order valence-electron chi connectivity index (χ2n) is 3.47. The summed E-state index contributed by atoms with van der Waals surface area (Å²) in [7, 11) is 2.97. The summed E-state index contributed by atoms with van der Waals surface area (Å²) in [5, 5.41) is 0. The van der Waals surface area contributed by atoms with Crippen molar-refractivity contribution in [3.8, 4) is 0 Å². The van der Waals surface area contributed by atoms with E-state index in [1.54, 1.807) is 13.8 Å². The lowest BCUT2D eigenvalue weighted by atomic mass is 10.4. The molecule has 0 aromatic rings. The molecule has 0 amide bonds. The fourth-order valence-electron chi connectivity index (χ4n) is 0.917. The minimum atomic E-state index is -0.381. The molecule has 0 fully saturated rings.